The molecular formula is C18H20FN3O2. The van der Waals surface area contributed by atoms with Crippen molar-refractivity contribution in [3.63, 3.8) is 0 Å². The first kappa shape index (κ1) is 16.4. The first-order valence-electron chi connectivity index (χ1n) is 8.19. The van der Waals surface area contributed by atoms with Gasteiger partial charge in [-0.25, -0.2) is 14.2 Å². The Morgan fingerprint density at radius 1 is 1.29 bits per heavy atom. The predicted octanol–water partition coefficient (Wildman–Crippen LogP) is 2.25. The van der Waals surface area contributed by atoms with E-state index in [1.807, 2.05) is 4.90 Å². The zero-order valence-electron chi connectivity index (χ0n) is 13.4. The summed E-state index contributed by atoms with van der Waals surface area (Å²) in [6.45, 7) is 1.36. The second-order valence-electron chi connectivity index (χ2n) is 6.14. The van der Waals surface area contributed by atoms with Crippen LogP contribution < -0.4 is 5.69 Å². The molecule has 0 saturated carbocycles. The third-order valence-electron chi connectivity index (χ3n) is 4.45. The first-order chi connectivity index (χ1) is 11.6. The quantitative estimate of drug-likeness (QED) is 0.935. The van der Waals surface area contributed by atoms with Gasteiger partial charge in [0, 0.05) is 37.3 Å². The van der Waals surface area contributed by atoms with Gasteiger partial charge in [0.2, 0.25) is 5.91 Å². The maximum atomic E-state index is 12.9. The third kappa shape index (κ3) is 4.07. The van der Waals surface area contributed by atoms with Crippen molar-refractivity contribution in [1.82, 2.24) is 14.9 Å². The van der Waals surface area contributed by atoms with Crippen molar-refractivity contribution in [2.45, 2.75) is 31.6 Å². The number of hydrogen-bond acceptors (Lipinski definition) is 3. The van der Waals surface area contributed by atoms with Crippen LogP contribution in [-0.4, -0.2) is 33.9 Å². The molecule has 0 aliphatic carbocycles. The standard InChI is InChI=1S/C18H20FN3O2/c19-15-6-3-13(4-7-15)5-8-17(23)22-11-1-2-14(12-22)16-9-10-20-18(24)21-16/h3-4,6-7,9-10,14H,1-2,5,8,11-12H2,(H,20,21,24). The molecule has 0 radical (unpaired) electrons. The number of nitrogens with zero attached hydrogens (tertiary/aromatic N) is 2. The summed E-state index contributed by atoms with van der Waals surface area (Å²) in [7, 11) is 0. The number of amides is 1. The summed E-state index contributed by atoms with van der Waals surface area (Å²) in [5.74, 6) is -0.0278. The van der Waals surface area contributed by atoms with Crippen molar-refractivity contribution < 1.29 is 9.18 Å². The van der Waals surface area contributed by atoms with E-state index in [4.69, 9.17) is 0 Å². The molecule has 2 heterocycles. The molecule has 1 fully saturated rings. The molecular weight excluding hydrogens is 309 g/mol. The number of halogens is 1. The molecule has 6 heteroatoms. The monoisotopic (exact) mass is 329 g/mol. The number of nitrogens with one attached hydrogen (secondary N) is 1. The molecule has 1 saturated heterocycles. The van der Waals surface area contributed by atoms with Crippen molar-refractivity contribution in [3.05, 3.63) is 64.1 Å². The van der Waals surface area contributed by atoms with Crippen LogP contribution in [0.5, 0.6) is 0 Å². The number of benzene rings is 1. The largest absolute Gasteiger partial charge is 0.345 e. The third-order valence-corrected chi connectivity index (χ3v) is 4.45. The average Bonchev–Trinajstić information content (AvgIpc) is 2.61. The first-order valence-corrected chi connectivity index (χ1v) is 8.19. The van der Waals surface area contributed by atoms with Gasteiger partial charge in [-0.3, -0.25) is 4.79 Å². The van der Waals surface area contributed by atoms with Gasteiger partial charge in [-0.2, -0.15) is 0 Å². The molecule has 1 aromatic carbocycles. The number of aryl methyl sites for hydroxylation is 1. The fourth-order valence-corrected chi connectivity index (χ4v) is 3.14. The van der Waals surface area contributed by atoms with Gasteiger partial charge in [-0.05, 0) is 43.0 Å². The second kappa shape index (κ2) is 7.38. The Hall–Kier alpha value is -2.50. The van der Waals surface area contributed by atoms with Crippen LogP contribution in [0.15, 0.2) is 41.3 Å². The van der Waals surface area contributed by atoms with Gasteiger partial charge in [0.25, 0.3) is 0 Å². The molecule has 1 unspecified atom stereocenters. The molecule has 1 N–H and O–H groups in total. The smallest absolute Gasteiger partial charge is 0.342 e. The van der Waals surface area contributed by atoms with E-state index >= 15 is 0 Å². The minimum absolute atomic E-state index is 0.0976. The van der Waals surface area contributed by atoms with Crippen LogP contribution in [0.4, 0.5) is 4.39 Å². The number of rotatable bonds is 4. The molecule has 0 bridgehead atoms. The van der Waals surface area contributed by atoms with Crippen molar-refractivity contribution in [3.8, 4) is 0 Å². The minimum Gasteiger partial charge on any atom is -0.342 e. The highest BCUT2D eigenvalue weighted by Crippen LogP contribution is 2.25. The summed E-state index contributed by atoms with van der Waals surface area (Å²) in [5.41, 5.74) is 1.44. The van der Waals surface area contributed by atoms with Gasteiger partial charge < -0.3 is 9.88 Å². The summed E-state index contributed by atoms with van der Waals surface area (Å²) >= 11 is 0. The molecule has 1 aliphatic heterocycles. The highest BCUT2D eigenvalue weighted by atomic mass is 19.1. The number of aromatic nitrogens is 2. The Kier molecular flexibility index (Phi) is 5.03. The van der Waals surface area contributed by atoms with Crippen LogP contribution in [0, 0.1) is 5.82 Å². The van der Waals surface area contributed by atoms with Gasteiger partial charge in [0.15, 0.2) is 0 Å². The Bertz CT molecular complexity index is 757. The lowest BCUT2D eigenvalue weighted by Crippen LogP contribution is -2.39. The van der Waals surface area contributed by atoms with Crippen LogP contribution in [0.25, 0.3) is 0 Å². The van der Waals surface area contributed by atoms with Gasteiger partial charge >= 0.3 is 5.69 Å². The Morgan fingerprint density at radius 3 is 2.83 bits per heavy atom. The predicted molar refractivity (Wildman–Crippen MR) is 88.1 cm³/mol. The number of H-pyrrole nitrogens is 1. The van der Waals surface area contributed by atoms with Crippen LogP contribution in [0.1, 0.15) is 36.4 Å². The summed E-state index contributed by atoms with van der Waals surface area (Å²) < 4.78 is 12.9. The molecule has 1 aliphatic rings. The Balaban J connectivity index is 1.58. The summed E-state index contributed by atoms with van der Waals surface area (Å²) in [4.78, 5) is 32.1. The van der Waals surface area contributed by atoms with Crippen LogP contribution in [-0.2, 0) is 11.2 Å². The lowest BCUT2D eigenvalue weighted by Gasteiger charge is -2.32. The van der Waals surface area contributed by atoms with E-state index in [0.29, 0.717) is 19.4 Å². The van der Waals surface area contributed by atoms with Crippen LogP contribution in [0.2, 0.25) is 0 Å². The van der Waals surface area contributed by atoms with Crippen molar-refractivity contribution >= 4 is 5.91 Å². The van der Waals surface area contributed by atoms with Crippen LogP contribution in [0.3, 0.4) is 0 Å². The minimum atomic E-state index is -0.354. The average molecular weight is 329 g/mol. The van der Waals surface area contributed by atoms with E-state index in [-0.39, 0.29) is 23.3 Å². The molecule has 2 aromatic rings. The summed E-state index contributed by atoms with van der Waals surface area (Å²) in [6, 6.07) is 8.05. The highest BCUT2D eigenvalue weighted by Gasteiger charge is 2.25. The van der Waals surface area contributed by atoms with E-state index in [9.17, 15) is 14.0 Å². The molecule has 126 valence electrons. The normalized spacial score (nSPS) is 17.7. The van der Waals surface area contributed by atoms with Gasteiger partial charge in [0.1, 0.15) is 5.82 Å². The van der Waals surface area contributed by atoms with E-state index in [1.165, 1.54) is 18.3 Å². The number of aromatic amines is 1. The number of carbonyl (C=O) groups is 1. The highest BCUT2D eigenvalue weighted by molar-refractivity contribution is 5.76. The summed E-state index contributed by atoms with van der Waals surface area (Å²) in [6.07, 6.45) is 4.38. The number of piperidine rings is 1. The lowest BCUT2D eigenvalue weighted by molar-refractivity contribution is -0.132. The molecule has 1 atom stereocenters. The fourth-order valence-electron chi connectivity index (χ4n) is 3.14. The fraction of sp³-hybridized carbons (Fsp3) is 0.389. The molecule has 5 nitrogen and oxygen atoms in total. The van der Waals surface area contributed by atoms with Gasteiger partial charge in [0.05, 0.1) is 0 Å². The van der Waals surface area contributed by atoms with E-state index in [2.05, 4.69) is 9.97 Å². The summed E-state index contributed by atoms with van der Waals surface area (Å²) in [5, 5.41) is 0. The lowest BCUT2D eigenvalue weighted by atomic mass is 9.94. The van der Waals surface area contributed by atoms with Crippen molar-refractivity contribution in [2.24, 2.45) is 0 Å². The van der Waals surface area contributed by atoms with E-state index < -0.39 is 0 Å². The zero-order chi connectivity index (χ0) is 16.9. The van der Waals surface area contributed by atoms with E-state index in [0.717, 1.165) is 30.6 Å². The number of carbonyl (C=O) groups excluding carboxylic acids is 1. The maximum absolute atomic E-state index is 12.9. The van der Waals surface area contributed by atoms with Gasteiger partial charge in [-0.15, -0.1) is 0 Å². The molecule has 3 rings (SSSR count). The van der Waals surface area contributed by atoms with Crippen molar-refractivity contribution in [2.75, 3.05) is 13.1 Å². The SMILES string of the molecule is O=C(CCc1ccc(F)cc1)N1CCCC(c2ccnc(=O)[nH]2)C1. The topological polar surface area (TPSA) is 66.1 Å². The van der Waals surface area contributed by atoms with Crippen LogP contribution >= 0.6 is 0 Å². The number of likely N-dealkylation sites (tertiary alicyclic amines) is 1. The number of hydrogen-bond donors (Lipinski definition) is 1. The molecule has 24 heavy (non-hydrogen) atoms. The van der Waals surface area contributed by atoms with Gasteiger partial charge in [-0.1, -0.05) is 12.1 Å². The van der Waals surface area contributed by atoms with Crippen molar-refractivity contribution in [1.29, 1.82) is 0 Å². The maximum Gasteiger partial charge on any atom is 0.345 e. The molecule has 0 spiro atoms. The van der Waals surface area contributed by atoms with E-state index in [1.54, 1.807) is 18.2 Å². The zero-order valence-corrected chi connectivity index (χ0v) is 13.4. The molecule has 1 amide bonds. The molecule has 1 aromatic heterocycles. The second-order valence-corrected chi connectivity index (χ2v) is 6.14. The Labute approximate surface area is 139 Å². The Morgan fingerprint density at radius 2 is 2.08 bits per heavy atom.